The molecule has 0 aliphatic rings. The maximum absolute atomic E-state index is 11.6. The van der Waals surface area contributed by atoms with Crippen molar-refractivity contribution >= 4 is 5.97 Å². The molecule has 3 heteroatoms. The summed E-state index contributed by atoms with van der Waals surface area (Å²) in [4.78, 5) is 10.7. The van der Waals surface area contributed by atoms with E-state index in [1.54, 1.807) is 6.92 Å². The van der Waals surface area contributed by atoms with Crippen molar-refractivity contribution in [3.63, 3.8) is 0 Å². The van der Waals surface area contributed by atoms with Gasteiger partial charge in [0.1, 0.15) is 0 Å². The molecule has 2 nitrogen and oxygen atoms in total. The molecule has 0 N–H and O–H groups in total. The molecular formula is C7H13FO2. The van der Waals surface area contributed by atoms with Gasteiger partial charge >= 0.3 is 5.97 Å². The Kier molecular flexibility index (Phi) is 4.89. The number of alkyl halides is 1. The summed E-state index contributed by atoms with van der Waals surface area (Å²) >= 11 is 0. The van der Waals surface area contributed by atoms with Crippen molar-refractivity contribution in [3.8, 4) is 0 Å². The van der Waals surface area contributed by atoms with Crippen molar-refractivity contribution in [1.29, 1.82) is 0 Å². The third-order valence-electron chi connectivity index (χ3n) is 1.37. The molecule has 0 saturated carbocycles. The van der Waals surface area contributed by atoms with Crippen LogP contribution in [0.2, 0.25) is 0 Å². The lowest BCUT2D eigenvalue weighted by molar-refractivity contribution is -0.145. The maximum atomic E-state index is 11.6. The van der Waals surface area contributed by atoms with E-state index in [0.29, 0.717) is 12.8 Å². The quantitative estimate of drug-likeness (QED) is 0.565. The highest BCUT2D eigenvalue weighted by molar-refractivity contribution is 5.71. The zero-order valence-corrected chi connectivity index (χ0v) is 6.39. The van der Waals surface area contributed by atoms with Crippen LogP contribution in [0.3, 0.4) is 0 Å². The SMILES string of the molecule is COC(=O)C(C)CCCF. The molecule has 0 heterocycles. The molecular weight excluding hydrogens is 135 g/mol. The molecule has 1 atom stereocenters. The van der Waals surface area contributed by atoms with E-state index in [-0.39, 0.29) is 18.6 Å². The summed E-state index contributed by atoms with van der Waals surface area (Å²) in [6.07, 6.45) is 1.01. The molecule has 0 amide bonds. The van der Waals surface area contributed by atoms with Gasteiger partial charge in [-0.2, -0.15) is 0 Å². The van der Waals surface area contributed by atoms with E-state index in [9.17, 15) is 9.18 Å². The van der Waals surface area contributed by atoms with Gasteiger partial charge in [0, 0.05) is 0 Å². The number of hydrogen-bond donors (Lipinski definition) is 0. The molecule has 10 heavy (non-hydrogen) atoms. The molecule has 0 aliphatic carbocycles. The molecule has 0 spiro atoms. The normalized spacial score (nSPS) is 12.7. The highest BCUT2D eigenvalue weighted by Gasteiger charge is 2.11. The number of ether oxygens (including phenoxy) is 1. The highest BCUT2D eigenvalue weighted by Crippen LogP contribution is 2.06. The average Bonchev–Trinajstić information content (AvgIpc) is 1.98. The van der Waals surface area contributed by atoms with E-state index in [1.165, 1.54) is 7.11 Å². The Morgan fingerprint density at radius 2 is 2.30 bits per heavy atom. The maximum Gasteiger partial charge on any atom is 0.308 e. The van der Waals surface area contributed by atoms with E-state index in [0.717, 1.165) is 0 Å². The van der Waals surface area contributed by atoms with Crippen LogP contribution in [0.15, 0.2) is 0 Å². The van der Waals surface area contributed by atoms with Crippen molar-refractivity contribution in [1.82, 2.24) is 0 Å². The second-order valence-electron chi connectivity index (χ2n) is 2.26. The Morgan fingerprint density at radius 1 is 1.70 bits per heavy atom. The highest BCUT2D eigenvalue weighted by atomic mass is 19.1. The van der Waals surface area contributed by atoms with E-state index in [2.05, 4.69) is 4.74 Å². The summed E-state index contributed by atoms with van der Waals surface area (Å²) in [6, 6.07) is 0. The average molecular weight is 148 g/mol. The molecule has 0 aliphatic heterocycles. The van der Waals surface area contributed by atoms with Gasteiger partial charge in [-0.1, -0.05) is 6.92 Å². The van der Waals surface area contributed by atoms with Gasteiger partial charge in [0.15, 0.2) is 0 Å². The van der Waals surface area contributed by atoms with Crippen LogP contribution in [0, 0.1) is 5.92 Å². The van der Waals surface area contributed by atoms with Crippen molar-refractivity contribution in [2.75, 3.05) is 13.8 Å². The number of halogens is 1. The van der Waals surface area contributed by atoms with E-state index < -0.39 is 0 Å². The molecule has 0 aromatic heterocycles. The Balaban J connectivity index is 3.41. The molecule has 1 unspecified atom stereocenters. The van der Waals surface area contributed by atoms with Gasteiger partial charge in [0.25, 0.3) is 0 Å². The minimum atomic E-state index is -0.360. The van der Waals surface area contributed by atoms with Gasteiger partial charge < -0.3 is 4.74 Å². The Labute approximate surface area is 60.4 Å². The van der Waals surface area contributed by atoms with Crippen LogP contribution in [0.4, 0.5) is 4.39 Å². The summed E-state index contributed by atoms with van der Waals surface area (Å²) < 4.78 is 16.0. The second-order valence-corrected chi connectivity index (χ2v) is 2.26. The van der Waals surface area contributed by atoms with Gasteiger partial charge in [0.2, 0.25) is 0 Å². The molecule has 60 valence electrons. The summed E-state index contributed by atoms with van der Waals surface area (Å²) in [5.74, 6) is -0.422. The minimum Gasteiger partial charge on any atom is -0.469 e. The Hall–Kier alpha value is -0.600. The van der Waals surface area contributed by atoms with Gasteiger partial charge in [-0.25, -0.2) is 0 Å². The third kappa shape index (κ3) is 3.43. The monoisotopic (exact) mass is 148 g/mol. The van der Waals surface area contributed by atoms with Crippen LogP contribution in [-0.2, 0) is 9.53 Å². The lowest BCUT2D eigenvalue weighted by Gasteiger charge is -2.05. The Bertz CT molecular complexity index is 104. The van der Waals surface area contributed by atoms with Crippen molar-refractivity contribution < 1.29 is 13.9 Å². The van der Waals surface area contributed by atoms with Crippen molar-refractivity contribution in [3.05, 3.63) is 0 Å². The standard InChI is InChI=1S/C7H13FO2/c1-6(4-3-5-8)7(9)10-2/h6H,3-5H2,1-2H3. The molecule has 0 saturated heterocycles. The number of carbonyl (C=O) groups is 1. The third-order valence-corrected chi connectivity index (χ3v) is 1.37. The predicted molar refractivity (Wildman–Crippen MR) is 36.4 cm³/mol. The van der Waals surface area contributed by atoms with Crippen LogP contribution in [0.5, 0.6) is 0 Å². The van der Waals surface area contributed by atoms with Gasteiger partial charge in [-0.05, 0) is 12.8 Å². The molecule has 0 aromatic carbocycles. The van der Waals surface area contributed by atoms with E-state index in [1.807, 2.05) is 0 Å². The van der Waals surface area contributed by atoms with Gasteiger partial charge in [-0.15, -0.1) is 0 Å². The van der Waals surface area contributed by atoms with E-state index in [4.69, 9.17) is 0 Å². The van der Waals surface area contributed by atoms with Gasteiger partial charge in [0.05, 0.1) is 19.7 Å². The molecule has 0 fully saturated rings. The number of methoxy groups -OCH3 is 1. The van der Waals surface area contributed by atoms with Gasteiger partial charge in [-0.3, -0.25) is 9.18 Å². The summed E-state index contributed by atoms with van der Waals surface area (Å²) in [5, 5.41) is 0. The molecule has 0 aromatic rings. The van der Waals surface area contributed by atoms with Crippen LogP contribution in [-0.4, -0.2) is 19.8 Å². The zero-order chi connectivity index (χ0) is 7.98. The van der Waals surface area contributed by atoms with Crippen LogP contribution < -0.4 is 0 Å². The Morgan fingerprint density at radius 3 is 2.70 bits per heavy atom. The van der Waals surface area contributed by atoms with Crippen molar-refractivity contribution in [2.45, 2.75) is 19.8 Å². The topological polar surface area (TPSA) is 26.3 Å². The van der Waals surface area contributed by atoms with E-state index >= 15 is 0 Å². The fraction of sp³-hybridized carbons (Fsp3) is 0.857. The first-order chi connectivity index (χ1) is 4.72. The number of carbonyl (C=O) groups excluding carboxylic acids is 1. The first-order valence-electron chi connectivity index (χ1n) is 3.36. The fourth-order valence-corrected chi connectivity index (χ4v) is 0.702. The lowest BCUT2D eigenvalue weighted by atomic mass is 10.1. The first kappa shape index (κ1) is 9.40. The lowest BCUT2D eigenvalue weighted by Crippen LogP contribution is -2.12. The fourth-order valence-electron chi connectivity index (χ4n) is 0.702. The number of esters is 1. The number of hydrogen-bond acceptors (Lipinski definition) is 2. The summed E-state index contributed by atoms with van der Waals surface area (Å²) in [6.45, 7) is 1.38. The summed E-state index contributed by atoms with van der Waals surface area (Å²) in [5.41, 5.74) is 0. The van der Waals surface area contributed by atoms with Crippen molar-refractivity contribution in [2.24, 2.45) is 5.92 Å². The van der Waals surface area contributed by atoms with Crippen LogP contribution in [0.25, 0.3) is 0 Å². The first-order valence-corrected chi connectivity index (χ1v) is 3.36. The smallest absolute Gasteiger partial charge is 0.308 e. The largest absolute Gasteiger partial charge is 0.469 e. The minimum absolute atomic E-state index is 0.166. The molecule has 0 radical (unpaired) electrons. The molecule has 0 bridgehead atoms. The van der Waals surface area contributed by atoms with Crippen LogP contribution >= 0.6 is 0 Å². The zero-order valence-electron chi connectivity index (χ0n) is 6.39. The molecule has 0 rings (SSSR count). The number of rotatable bonds is 4. The second kappa shape index (κ2) is 5.21. The van der Waals surface area contributed by atoms with Crippen LogP contribution in [0.1, 0.15) is 19.8 Å². The predicted octanol–water partition coefficient (Wildman–Crippen LogP) is 1.55. The summed E-state index contributed by atoms with van der Waals surface area (Å²) in [7, 11) is 1.34.